The summed E-state index contributed by atoms with van der Waals surface area (Å²) in [5, 5.41) is 3.56. The Labute approximate surface area is 106 Å². The van der Waals surface area contributed by atoms with Crippen molar-refractivity contribution in [3.63, 3.8) is 0 Å². The maximum atomic E-state index is 8.40. The van der Waals surface area contributed by atoms with Crippen LogP contribution in [0.25, 0.3) is 10.4 Å². The molecular weight excluding hydrogens is 238 g/mol. The van der Waals surface area contributed by atoms with Crippen molar-refractivity contribution in [1.29, 1.82) is 0 Å². The van der Waals surface area contributed by atoms with Gasteiger partial charge in [0.25, 0.3) is 0 Å². The van der Waals surface area contributed by atoms with E-state index in [1.54, 1.807) is 0 Å². The second-order valence-electron chi connectivity index (χ2n) is 5.42. The van der Waals surface area contributed by atoms with Gasteiger partial charge in [0, 0.05) is 4.91 Å². The molecule has 2 rings (SSSR count). The summed E-state index contributed by atoms with van der Waals surface area (Å²) in [4.78, 5) is 2.75. The molecule has 0 aliphatic carbocycles. The van der Waals surface area contributed by atoms with E-state index in [1.807, 2.05) is 27.7 Å². The second-order valence-corrected chi connectivity index (χ2v) is 5.42. The molecule has 0 aromatic rings. The summed E-state index contributed by atoms with van der Waals surface area (Å²) in [5.41, 5.74) is 8.40. The Morgan fingerprint density at radius 3 is 2.44 bits per heavy atom. The molecular formula is C11H19N3O4. The van der Waals surface area contributed by atoms with Crippen LogP contribution in [0, 0.1) is 0 Å². The van der Waals surface area contributed by atoms with Crippen LogP contribution in [0.4, 0.5) is 0 Å². The Hall–Kier alpha value is -0.850. The topological polar surface area (TPSA) is 85.7 Å². The molecule has 3 unspecified atom stereocenters. The molecule has 0 radical (unpaired) electrons. The number of nitrogens with zero attached hydrogens (tertiary/aromatic N) is 3. The normalized spacial score (nSPS) is 37.4. The smallest absolute Gasteiger partial charge is 0.163 e. The lowest BCUT2D eigenvalue weighted by atomic mass is 10.1. The third-order valence-corrected chi connectivity index (χ3v) is 2.94. The molecule has 0 bridgehead atoms. The van der Waals surface area contributed by atoms with Gasteiger partial charge >= 0.3 is 0 Å². The van der Waals surface area contributed by atoms with Crippen LogP contribution in [0.15, 0.2) is 5.11 Å². The Morgan fingerprint density at radius 2 is 1.89 bits per heavy atom. The fourth-order valence-electron chi connectivity index (χ4n) is 2.31. The van der Waals surface area contributed by atoms with Crippen molar-refractivity contribution in [2.24, 2.45) is 5.11 Å². The predicted molar refractivity (Wildman–Crippen MR) is 62.7 cm³/mol. The van der Waals surface area contributed by atoms with Crippen LogP contribution < -0.4 is 0 Å². The quantitative estimate of drug-likeness (QED) is 0.439. The molecule has 2 aliphatic heterocycles. The molecule has 2 saturated heterocycles. The van der Waals surface area contributed by atoms with E-state index < -0.39 is 11.6 Å². The summed E-state index contributed by atoms with van der Waals surface area (Å²) in [6.45, 7) is 8.05. The predicted octanol–water partition coefficient (Wildman–Crippen LogP) is 1.97. The molecule has 0 aromatic heterocycles. The fourth-order valence-corrected chi connectivity index (χ4v) is 2.31. The third-order valence-electron chi connectivity index (χ3n) is 2.94. The molecule has 7 nitrogen and oxygen atoms in total. The summed E-state index contributed by atoms with van der Waals surface area (Å²) in [5.74, 6) is -1.31. The minimum atomic E-state index is -0.698. The van der Waals surface area contributed by atoms with E-state index in [-0.39, 0.29) is 24.9 Å². The van der Waals surface area contributed by atoms with Gasteiger partial charge in [0.1, 0.15) is 12.2 Å². The van der Waals surface area contributed by atoms with Crippen molar-refractivity contribution in [2.45, 2.75) is 57.6 Å². The monoisotopic (exact) mass is 257 g/mol. The molecule has 0 amide bonds. The Morgan fingerprint density at radius 1 is 1.17 bits per heavy atom. The van der Waals surface area contributed by atoms with Crippen molar-refractivity contribution in [3.8, 4) is 0 Å². The maximum absolute atomic E-state index is 8.40. The van der Waals surface area contributed by atoms with E-state index in [0.717, 1.165) is 0 Å². The average molecular weight is 257 g/mol. The first-order valence-corrected chi connectivity index (χ1v) is 6.01. The van der Waals surface area contributed by atoms with Gasteiger partial charge in [0.15, 0.2) is 11.6 Å². The van der Waals surface area contributed by atoms with E-state index in [1.165, 1.54) is 0 Å². The van der Waals surface area contributed by atoms with Gasteiger partial charge in [-0.25, -0.2) is 0 Å². The molecule has 2 aliphatic rings. The van der Waals surface area contributed by atoms with Gasteiger partial charge in [0.05, 0.1) is 19.3 Å². The molecule has 0 spiro atoms. The zero-order chi connectivity index (χ0) is 13.4. The lowest BCUT2D eigenvalue weighted by molar-refractivity contribution is -0.174. The van der Waals surface area contributed by atoms with Crippen molar-refractivity contribution in [2.75, 3.05) is 13.2 Å². The summed E-state index contributed by atoms with van der Waals surface area (Å²) < 4.78 is 22.8. The summed E-state index contributed by atoms with van der Waals surface area (Å²) >= 11 is 0. The van der Waals surface area contributed by atoms with Crippen molar-refractivity contribution in [1.82, 2.24) is 0 Å². The van der Waals surface area contributed by atoms with Crippen LogP contribution in [-0.4, -0.2) is 43.0 Å². The van der Waals surface area contributed by atoms with Crippen LogP contribution in [0.1, 0.15) is 27.7 Å². The molecule has 102 valence electrons. The SMILES string of the molecule is CC1(C)OCC(C2OC(C)(C)OC2CN=[N+]=[N-])O1. The zero-order valence-corrected chi connectivity index (χ0v) is 11.1. The van der Waals surface area contributed by atoms with Gasteiger partial charge in [0.2, 0.25) is 0 Å². The minimum absolute atomic E-state index is 0.208. The zero-order valence-electron chi connectivity index (χ0n) is 11.1. The van der Waals surface area contributed by atoms with E-state index >= 15 is 0 Å². The number of hydrogen-bond acceptors (Lipinski definition) is 5. The van der Waals surface area contributed by atoms with Gasteiger partial charge in [-0.2, -0.15) is 0 Å². The summed E-state index contributed by atoms with van der Waals surface area (Å²) in [7, 11) is 0. The van der Waals surface area contributed by atoms with E-state index in [2.05, 4.69) is 10.0 Å². The molecule has 2 fully saturated rings. The van der Waals surface area contributed by atoms with Gasteiger partial charge in [-0.15, -0.1) is 0 Å². The van der Waals surface area contributed by atoms with E-state index in [4.69, 9.17) is 24.5 Å². The van der Waals surface area contributed by atoms with Crippen LogP contribution in [0.5, 0.6) is 0 Å². The standard InChI is InChI=1S/C11H19N3O4/c1-10(2)15-6-8(17-10)9-7(5-13-14-12)16-11(3,4)18-9/h7-9H,5-6H2,1-4H3. The fraction of sp³-hybridized carbons (Fsp3) is 1.00. The lowest BCUT2D eigenvalue weighted by Gasteiger charge is -2.23. The minimum Gasteiger partial charge on any atom is -0.348 e. The average Bonchev–Trinajstić information content (AvgIpc) is 2.75. The Balaban J connectivity index is 2.07. The van der Waals surface area contributed by atoms with E-state index in [0.29, 0.717) is 6.61 Å². The van der Waals surface area contributed by atoms with Gasteiger partial charge in [-0.1, -0.05) is 5.11 Å². The maximum Gasteiger partial charge on any atom is 0.163 e. The molecule has 0 saturated carbocycles. The molecule has 7 heteroatoms. The van der Waals surface area contributed by atoms with Crippen molar-refractivity contribution < 1.29 is 18.9 Å². The molecule has 2 heterocycles. The van der Waals surface area contributed by atoms with Gasteiger partial charge in [-0.05, 0) is 33.2 Å². The number of hydrogen-bond donors (Lipinski definition) is 0. The van der Waals surface area contributed by atoms with Crippen molar-refractivity contribution >= 4 is 0 Å². The Kier molecular flexibility index (Phi) is 3.53. The Bertz CT molecular complexity index is 365. The van der Waals surface area contributed by atoms with Gasteiger partial charge < -0.3 is 18.9 Å². The third kappa shape index (κ3) is 2.93. The molecule has 18 heavy (non-hydrogen) atoms. The first-order chi connectivity index (χ1) is 8.33. The van der Waals surface area contributed by atoms with Crippen LogP contribution in [0.2, 0.25) is 0 Å². The first-order valence-electron chi connectivity index (χ1n) is 6.01. The summed E-state index contributed by atoms with van der Waals surface area (Å²) in [6, 6.07) is 0. The highest BCUT2D eigenvalue weighted by molar-refractivity contribution is 4.91. The second kappa shape index (κ2) is 4.68. The molecule has 3 atom stereocenters. The van der Waals surface area contributed by atoms with Crippen molar-refractivity contribution in [3.05, 3.63) is 10.4 Å². The van der Waals surface area contributed by atoms with Crippen LogP contribution >= 0.6 is 0 Å². The lowest BCUT2D eigenvalue weighted by Crippen LogP contribution is -2.39. The number of rotatable bonds is 3. The van der Waals surface area contributed by atoms with E-state index in [9.17, 15) is 0 Å². The summed E-state index contributed by atoms with van der Waals surface area (Å²) in [6.07, 6.45) is -0.800. The molecule has 0 N–H and O–H groups in total. The largest absolute Gasteiger partial charge is 0.348 e. The number of azide groups is 1. The van der Waals surface area contributed by atoms with Crippen LogP contribution in [0.3, 0.4) is 0 Å². The molecule has 0 aromatic carbocycles. The van der Waals surface area contributed by atoms with Crippen LogP contribution in [-0.2, 0) is 18.9 Å². The number of ether oxygens (including phenoxy) is 4. The highest BCUT2D eigenvalue weighted by Crippen LogP contribution is 2.35. The highest BCUT2D eigenvalue weighted by atomic mass is 16.8. The van der Waals surface area contributed by atoms with Gasteiger partial charge in [-0.3, -0.25) is 0 Å². The highest BCUT2D eigenvalue weighted by Gasteiger charge is 2.49. The first kappa shape index (κ1) is 13.6.